The number of rotatable bonds is 11. The van der Waals surface area contributed by atoms with Crippen LogP contribution >= 0.6 is 0 Å². The second kappa shape index (κ2) is 11.6. The third kappa shape index (κ3) is 6.78. The van der Waals surface area contributed by atoms with E-state index >= 15 is 0 Å². The molecule has 2 aromatic carbocycles. The van der Waals surface area contributed by atoms with Gasteiger partial charge in [0.25, 0.3) is 0 Å². The molecule has 4 rings (SSSR count). The summed E-state index contributed by atoms with van der Waals surface area (Å²) >= 11 is 0. The van der Waals surface area contributed by atoms with Gasteiger partial charge in [-0.15, -0.1) is 0 Å². The summed E-state index contributed by atoms with van der Waals surface area (Å²) in [5.41, 5.74) is 2.73. The van der Waals surface area contributed by atoms with E-state index in [4.69, 9.17) is 9.84 Å². The number of aromatic nitrogens is 2. The average molecular weight is 514 g/mol. The van der Waals surface area contributed by atoms with Gasteiger partial charge in [0, 0.05) is 24.8 Å². The number of aryl methyl sites for hydroxylation is 1. The van der Waals surface area contributed by atoms with Gasteiger partial charge in [-0.05, 0) is 73.1 Å². The minimum Gasteiger partial charge on any atom is -0.494 e. The van der Waals surface area contributed by atoms with E-state index in [-0.39, 0.29) is 12.3 Å². The molecule has 1 aliphatic rings. The van der Waals surface area contributed by atoms with Crippen LogP contribution in [0, 0.1) is 0 Å². The second-order valence-corrected chi connectivity index (χ2v) is 9.20. The number of anilines is 1. The molecule has 37 heavy (non-hydrogen) atoms. The van der Waals surface area contributed by atoms with Gasteiger partial charge in [0.2, 0.25) is 5.95 Å². The summed E-state index contributed by atoms with van der Waals surface area (Å²) in [6, 6.07) is 12.6. The molecular formula is C28H30F3N3O3. The van der Waals surface area contributed by atoms with Gasteiger partial charge in [0.05, 0.1) is 24.3 Å². The Morgan fingerprint density at radius 1 is 1.14 bits per heavy atom. The third-order valence-electron chi connectivity index (χ3n) is 6.51. The summed E-state index contributed by atoms with van der Waals surface area (Å²) in [4.78, 5) is 22.1. The molecule has 0 amide bonds. The van der Waals surface area contributed by atoms with Crippen LogP contribution in [0.5, 0.6) is 5.75 Å². The van der Waals surface area contributed by atoms with Crippen molar-refractivity contribution >= 4 is 11.9 Å². The largest absolute Gasteiger partial charge is 0.494 e. The van der Waals surface area contributed by atoms with Crippen molar-refractivity contribution in [2.24, 2.45) is 0 Å². The summed E-state index contributed by atoms with van der Waals surface area (Å²) < 4.78 is 44.6. The molecule has 1 aliphatic carbocycles. The fraction of sp³-hybridized carbons (Fsp3) is 0.393. The highest BCUT2D eigenvalue weighted by Gasteiger charge is 2.30. The fourth-order valence-corrected chi connectivity index (χ4v) is 4.71. The lowest BCUT2D eigenvalue weighted by molar-refractivity contribution is -0.138. The number of halogens is 3. The van der Waals surface area contributed by atoms with Gasteiger partial charge in [-0.1, -0.05) is 25.1 Å². The highest BCUT2D eigenvalue weighted by Crippen LogP contribution is 2.37. The Kier molecular flexibility index (Phi) is 8.31. The van der Waals surface area contributed by atoms with Crippen LogP contribution in [0.2, 0.25) is 0 Å². The zero-order chi connectivity index (χ0) is 26.4. The van der Waals surface area contributed by atoms with E-state index in [2.05, 4.69) is 21.8 Å². The predicted molar refractivity (Wildman–Crippen MR) is 135 cm³/mol. The van der Waals surface area contributed by atoms with E-state index in [9.17, 15) is 18.0 Å². The molecule has 1 N–H and O–H groups in total. The van der Waals surface area contributed by atoms with Crippen LogP contribution in [0.3, 0.4) is 0 Å². The van der Waals surface area contributed by atoms with E-state index in [0.29, 0.717) is 30.4 Å². The number of nitrogens with zero attached hydrogens (tertiary/aromatic N) is 3. The Hall–Kier alpha value is -3.62. The van der Waals surface area contributed by atoms with Crippen molar-refractivity contribution < 1.29 is 27.8 Å². The molecule has 0 fully saturated rings. The first-order valence-corrected chi connectivity index (χ1v) is 12.5. The molecule has 0 bridgehead atoms. The van der Waals surface area contributed by atoms with E-state index in [1.807, 2.05) is 18.2 Å². The van der Waals surface area contributed by atoms with Gasteiger partial charge in [-0.25, -0.2) is 9.97 Å². The molecule has 9 heteroatoms. The number of carbonyl (C=O) groups is 1. The van der Waals surface area contributed by atoms with Crippen molar-refractivity contribution in [3.05, 3.63) is 71.4 Å². The van der Waals surface area contributed by atoms with Crippen LogP contribution in [0.1, 0.15) is 55.2 Å². The van der Waals surface area contributed by atoms with Crippen molar-refractivity contribution in [1.29, 1.82) is 0 Å². The summed E-state index contributed by atoms with van der Waals surface area (Å²) in [7, 11) is 0. The minimum atomic E-state index is -4.38. The second-order valence-electron chi connectivity index (χ2n) is 9.20. The monoisotopic (exact) mass is 513 g/mol. The number of hydrogen-bond donors (Lipinski definition) is 1. The molecule has 1 heterocycles. The van der Waals surface area contributed by atoms with Gasteiger partial charge >= 0.3 is 12.1 Å². The predicted octanol–water partition coefficient (Wildman–Crippen LogP) is 6.35. The summed E-state index contributed by atoms with van der Waals surface area (Å²) in [5, 5.41) is 9.10. The van der Waals surface area contributed by atoms with Crippen molar-refractivity contribution in [2.45, 2.75) is 51.1 Å². The average Bonchev–Trinajstić information content (AvgIpc) is 3.27. The first kappa shape index (κ1) is 26.4. The van der Waals surface area contributed by atoms with Crippen LogP contribution in [0.4, 0.5) is 19.1 Å². The Balaban J connectivity index is 1.35. The Morgan fingerprint density at radius 3 is 2.62 bits per heavy atom. The molecule has 1 aromatic heterocycles. The number of aliphatic carboxylic acids is 1. The van der Waals surface area contributed by atoms with E-state index in [1.165, 1.54) is 12.1 Å². The fourth-order valence-electron chi connectivity index (χ4n) is 4.71. The summed E-state index contributed by atoms with van der Waals surface area (Å²) in [6.45, 7) is 3.96. The molecule has 0 saturated heterocycles. The topological polar surface area (TPSA) is 75.5 Å². The number of carboxylic acid groups (broad SMARTS) is 1. The van der Waals surface area contributed by atoms with Gasteiger partial charge in [-0.3, -0.25) is 4.79 Å². The third-order valence-corrected chi connectivity index (χ3v) is 6.51. The Labute approximate surface area is 214 Å². The molecule has 1 atom stereocenters. The van der Waals surface area contributed by atoms with Crippen LogP contribution < -0.4 is 9.64 Å². The van der Waals surface area contributed by atoms with Crippen LogP contribution in [0.15, 0.2) is 54.7 Å². The van der Waals surface area contributed by atoms with E-state index < -0.39 is 17.7 Å². The quantitative estimate of drug-likeness (QED) is 0.301. The number of fused-ring (bicyclic) bond motifs is 1. The van der Waals surface area contributed by atoms with Crippen molar-refractivity contribution in [3.8, 4) is 17.0 Å². The van der Waals surface area contributed by atoms with Crippen LogP contribution in [-0.2, 0) is 17.4 Å². The van der Waals surface area contributed by atoms with Crippen LogP contribution in [-0.4, -0.2) is 40.7 Å². The zero-order valence-electron chi connectivity index (χ0n) is 20.7. The molecule has 0 saturated carbocycles. The van der Waals surface area contributed by atoms with Crippen molar-refractivity contribution in [2.75, 3.05) is 24.6 Å². The molecule has 3 aromatic rings. The smallest absolute Gasteiger partial charge is 0.416 e. The van der Waals surface area contributed by atoms with Crippen LogP contribution in [0.25, 0.3) is 11.3 Å². The van der Waals surface area contributed by atoms with Gasteiger partial charge in [-0.2, -0.15) is 13.2 Å². The van der Waals surface area contributed by atoms with E-state index in [0.717, 1.165) is 61.2 Å². The Morgan fingerprint density at radius 2 is 1.92 bits per heavy atom. The number of benzene rings is 2. The zero-order valence-corrected chi connectivity index (χ0v) is 20.7. The Bertz CT molecular complexity index is 1220. The SMILES string of the molecule is CCCN(CCCOc1ccc2c(c1)CC[C@H]2CC(=O)O)c1nccc(-c2ccc(C(F)(F)F)cc2)n1. The summed E-state index contributed by atoms with van der Waals surface area (Å²) in [5.74, 6) is 0.602. The maximum atomic E-state index is 12.9. The first-order valence-electron chi connectivity index (χ1n) is 12.5. The van der Waals surface area contributed by atoms with Gasteiger partial charge < -0.3 is 14.7 Å². The van der Waals surface area contributed by atoms with E-state index in [1.54, 1.807) is 12.3 Å². The van der Waals surface area contributed by atoms with Crippen molar-refractivity contribution in [3.63, 3.8) is 0 Å². The first-order chi connectivity index (χ1) is 17.7. The number of alkyl halides is 3. The molecule has 0 spiro atoms. The highest BCUT2D eigenvalue weighted by atomic mass is 19.4. The maximum Gasteiger partial charge on any atom is 0.416 e. The molecule has 6 nitrogen and oxygen atoms in total. The molecule has 0 aliphatic heterocycles. The van der Waals surface area contributed by atoms with Gasteiger partial charge in [0.1, 0.15) is 5.75 Å². The molecule has 0 unspecified atom stereocenters. The minimum absolute atomic E-state index is 0.0718. The lowest BCUT2D eigenvalue weighted by atomic mass is 9.98. The number of ether oxygens (including phenoxy) is 1. The lowest BCUT2D eigenvalue weighted by Gasteiger charge is -2.22. The molecule has 0 radical (unpaired) electrons. The van der Waals surface area contributed by atoms with Crippen molar-refractivity contribution in [1.82, 2.24) is 9.97 Å². The van der Waals surface area contributed by atoms with Gasteiger partial charge in [0.15, 0.2) is 0 Å². The molecular weight excluding hydrogens is 483 g/mol. The number of carboxylic acids is 1. The standard InChI is InChI=1S/C28H30F3N3O3/c1-2-14-34(27-32-13-12-25(33-27)19-6-8-22(9-7-19)28(29,30)31)15-3-16-37-23-10-11-24-20(17-23)4-5-21(24)18-26(35)36/h6-13,17,21H,2-5,14-16,18H2,1H3,(H,35,36)/t21-/m0/s1. The highest BCUT2D eigenvalue weighted by molar-refractivity contribution is 5.68. The summed E-state index contributed by atoms with van der Waals surface area (Å²) in [6.07, 6.45) is 0.727. The lowest BCUT2D eigenvalue weighted by Crippen LogP contribution is -2.28. The maximum absolute atomic E-state index is 12.9. The number of hydrogen-bond acceptors (Lipinski definition) is 5. The normalized spacial score (nSPS) is 14.9. The molecule has 196 valence electrons.